The fraction of sp³-hybridized carbons (Fsp3) is 0.619. The largest absolute Gasteiger partial charge is 0.497 e. The second kappa shape index (κ2) is 9.06. The summed E-state index contributed by atoms with van der Waals surface area (Å²) in [5.41, 5.74) is 1.29. The van der Waals surface area contributed by atoms with Crippen molar-refractivity contribution in [3.05, 3.63) is 29.8 Å². The third-order valence-corrected chi connectivity index (χ3v) is 5.59. The maximum absolute atomic E-state index is 12.5. The van der Waals surface area contributed by atoms with Gasteiger partial charge in [-0.2, -0.15) is 0 Å². The average Bonchev–Trinajstić information content (AvgIpc) is 3.02. The molecule has 0 saturated carbocycles. The number of benzene rings is 1. The molecule has 1 unspecified atom stereocenters. The van der Waals surface area contributed by atoms with Gasteiger partial charge in [0.2, 0.25) is 11.8 Å². The quantitative estimate of drug-likeness (QED) is 0.786. The van der Waals surface area contributed by atoms with Crippen molar-refractivity contribution in [3.8, 4) is 5.75 Å². The number of nitrogens with zero attached hydrogens (tertiary/aromatic N) is 2. The number of amides is 2. The summed E-state index contributed by atoms with van der Waals surface area (Å²) in [6, 6.07) is 8.19. The smallest absolute Gasteiger partial charge is 0.224 e. The highest BCUT2D eigenvalue weighted by molar-refractivity contribution is 5.79. The Hall–Kier alpha value is -2.04. The van der Waals surface area contributed by atoms with Crippen LogP contribution in [0.3, 0.4) is 0 Å². The summed E-state index contributed by atoms with van der Waals surface area (Å²) in [5, 5.41) is 0. The first-order chi connectivity index (χ1) is 12.7. The molecule has 1 aromatic rings. The molecule has 0 radical (unpaired) electrons. The van der Waals surface area contributed by atoms with E-state index >= 15 is 0 Å². The Morgan fingerprint density at radius 3 is 2.73 bits per heavy atom. The van der Waals surface area contributed by atoms with E-state index in [1.165, 1.54) is 5.56 Å². The van der Waals surface area contributed by atoms with E-state index < -0.39 is 0 Å². The van der Waals surface area contributed by atoms with Crippen LogP contribution in [-0.4, -0.2) is 54.9 Å². The highest BCUT2D eigenvalue weighted by atomic mass is 16.5. The molecule has 26 heavy (non-hydrogen) atoms. The van der Waals surface area contributed by atoms with Gasteiger partial charge in [-0.05, 0) is 49.3 Å². The number of likely N-dealkylation sites (tertiary alicyclic amines) is 2. The van der Waals surface area contributed by atoms with Crippen molar-refractivity contribution in [2.24, 2.45) is 5.92 Å². The van der Waals surface area contributed by atoms with E-state index in [1.54, 1.807) is 7.11 Å². The molecule has 5 nitrogen and oxygen atoms in total. The first-order valence-corrected chi connectivity index (χ1v) is 9.84. The third-order valence-electron chi connectivity index (χ3n) is 5.59. The Morgan fingerprint density at radius 1 is 1.15 bits per heavy atom. The summed E-state index contributed by atoms with van der Waals surface area (Å²) < 4.78 is 5.20. The molecule has 2 heterocycles. The third kappa shape index (κ3) is 4.99. The summed E-state index contributed by atoms with van der Waals surface area (Å²) in [6.45, 7) is 3.07. The average molecular weight is 358 g/mol. The van der Waals surface area contributed by atoms with Gasteiger partial charge in [-0.25, -0.2) is 0 Å². The molecular weight excluding hydrogens is 328 g/mol. The molecule has 3 rings (SSSR count). The van der Waals surface area contributed by atoms with Gasteiger partial charge in [-0.3, -0.25) is 9.59 Å². The Balaban J connectivity index is 1.43. The fourth-order valence-corrected chi connectivity index (χ4v) is 3.98. The zero-order valence-corrected chi connectivity index (χ0v) is 15.8. The molecule has 2 amide bonds. The van der Waals surface area contributed by atoms with Gasteiger partial charge in [-0.1, -0.05) is 18.6 Å². The molecule has 2 fully saturated rings. The van der Waals surface area contributed by atoms with Crippen LogP contribution in [0.25, 0.3) is 0 Å². The molecule has 0 aromatic heterocycles. The minimum atomic E-state index is 0.194. The van der Waals surface area contributed by atoms with Crippen LogP contribution in [0.2, 0.25) is 0 Å². The van der Waals surface area contributed by atoms with Gasteiger partial charge in [0.05, 0.1) is 7.11 Å². The fourth-order valence-electron chi connectivity index (χ4n) is 3.98. The predicted molar refractivity (Wildman–Crippen MR) is 101 cm³/mol. The molecule has 1 aromatic carbocycles. The van der Waals surface area contributed by atoms with Gasteiger partial charge in [0.15, 0.2) is 0 Å². The van der Waals surface area contributed by atoms with E-state index in [4.69, 9.17) is 4.74 Å². The van der Waals surface area contributed by atoms with Crippen LogP contribution in [0.4, 0.5) is 0 Å². The SMILES string of the molecule is COc1ccc(CC2CCN(C(=O)CCN3CCCCCC3=O)C2)cc1. The number of ether oxygens (including phenoxy) is 1. The van der Waals surface area contributed by atoms with Crippen LogP contribution in [0, 0.1) is 5.92 Å². The molecule has 5 heteroatoms. The summed E-state index contributed by atoms with van der Waals surface area (Å²) in [7, 11) is 1.68. The van der Waals surface area contributed by atoms with Gasteiger partial charge in [-0.15, -0.1) is 0 Å². The molecule has 142 valence electrons. The van der Waals surface area contributed by atoms with Gasteiger partial charge in [0, 0.05) is 39.0 Å². The molecule has 1 atom stereocenters. The summed E-state index contributed by atoms with van der Waals surface area (Å²) in [4.78, 5) is 28.4. The first-order valence-electron chi connectivity index (χ1n) is 9.84. The number of carbonyl (C=O) groups is 2. The van der Waals surface area contributed by atoms with E-state index in [-0.39, 0.29) is 11.8 Å². The van der Waals surface area contributed by atoms with E-state index in [0.717, 1.165) is 57.5 Å². The number of hydrogen-bond acceptors (Lipinski definition) is 3. The zero-order valence-electron chi connectivity index (χ0n) is 15.8. The maximum Gasteiger partial charge on any atom is 0.224 e. The number of hydrogen-bond donors (Lipinski definition) is 0. The van der Waals surface area contributed by atoms with Gasteiger partial charge < -0.3 is 14.5 Å². The molecule has 0 N–H and O–H groups in total. The molecular formula is C21H30N2O3. The predicted octanol–water partition coefficient (Wildman–Crippen LogP) is 2.88. The van der Waals surface area contributed by atoms with Crippen molar-refractivity contribution in [3.63, 3.8) is 0 Å². The van der Waals surface area contributed by atoms with E-state index in [9.17, 15) is 9.59 Å². The van der Waals surface area contributed by atoms with Crippen molar-refractivity contribution >= 4 is 11.8 Å². The van der Waals surface area contributed by atoms with E-state index in [2.05, 4.69) is 12.1 Å². The molecule has 2 saturated heterocycles. The summed E-state index contributed by atoms with van der Waals surface area (Å²) in [6.07, 6.45) is 6.33. The number of carbonyl (C=O) groups excluding carboxylic acids is 2. The monoisotopic (exact) mass is 358 g/mol. The minimum absolute atomic E-state index is 0.194. The number of rotatable bonds is 6. The molecule has 0 bridgehead atoms. The van der Waals surface area contributed by atoms with Crippen LogP contribution in [0.5, 0.6) is 5.75 Å². The Bertz CT molecular complexity index is 614. The second-order valence-electron chi connectivity index (χ2n) is 7.49. The lowest BCUT2D eigenvalue weighted by Crippen LogP contribution is -2.36. The van der Waals surface area contributed by atoms with Crippen LogP contribution >= 0.6 is 0 Å². The molecule has 2 aliphatic heterocycles. The van der Waals surface area contributed by atoms with E-state index in [1.807, 2.05) is 21.9 Å². The Kier molecular flexibility index (Phi) is 6.53. The lowest BCUT2D eigenvalue weighted by atomic mass is 9.99. The van der Waals surface area contributed by atoms with Crippen LogP contribution in [0.1, 0.15) is 44.1 Å². The topological polar surface area (TPSA) is 49.9 Å². The number of methoxy groups -OCH3 is 1. The van der Waals surface area contributed by atoms with Crippen molar-refractivity contribution < 1.29 is 14.3 Å². The van der Waals surface area contributed by atoms with Gasteiger partial charge in [0.1, 0.15) is 5.75 Å². The standard InChI is InChI=1S/C21H30N2O3/c1-26-19-8-6-17(7-9-19)15-18-10-13-23(16-18)21(25)11-14-22-12-4-2-3-5-20(22)24/h6-9,18H,2-5,10-16H2,1H3. The van der Waals surface area contributed by atoms with Gasteiger partial charge in [0.25, 0.3) is 0 Å². The van der Waals surface area contributed by atoms with Crippen LogP contribution in [-0.2, 0) is 16.0 Å². The van der Waals surface area contributed by atoms with Crippen molar-refractivity contribution in [2.45, 2.75) is 44.9 Å². The van der Waals surface area contributed by atoms with E-state index in [0.29, 0.717) is 25.3 Å². The van der Waals surface area contributed by atoms with Crippen molar-refractivity contribution in [1.82, 2.24) is 9.80 Å². The lowest BCUT2D eigenvalue weighted by Gasteiger charge is -2.22. The van der Waals surface area contributed by atoms with Crippen molar-refractivity contribution in [2.75, 3.05) is 33.3 Å². The van der Waals surface area contributed by atoms with Gasteiger partial charge >= 0.3 is 0 Å². The molecule has 0 aliphatic carbocycles. The normalized spacial score (nSPS) is 21.0. The molecule has 0 spiro atoms. The van der Waals surface area contributed by atoms with Crippen LogP contribution < -0.4 is 4.74 Å². The Labute approximate surface area is 156 Å². The first kappa shape index (κ1) is 18.7. The van der Waals surface area contributed by atoms with Crippen LogP contribution in [0.15, 0.2) is 24.3 Å². The summed E-state index contributed by atoms with van der Waals surface area (Å²) in [5.74, 6) is 1.81. The highest BCUT2D eigenvalue weighted by Gasteiger charge is 2.27. The minimum Gasteiger partial charge on any atom is -0.497 e. The Morgan fingerprint density at radius 2 is 1.96 bits per heavy atom. The summed E-state index contributed by atoms with van der Waals surface area (Å²) >= 11 is 0. The zero-order chi connectivity index (χ0) is 18.4. The lowest BCUT2D eigenvalue weighted by molar-refractivity contribution is -0.133. The van der Waals surface area contributed by atoms with Crippen molar-refractivity contribution in [1.29, 1.82) is 0 Å². The second-order valence-corrected chi connectivity index (χ2v) is 7.49. The molecule has 2 aliphatic rings. The highest BCUT2D eigenvalue weighted by Crippen LogP contribution is 2.23. The maximum atomic E-state index is 12.5.